The average molecular weight is 513 g/mol. The molecule has 7 heteroatoms. The first-order valence-corrected chi connectivity index (χ1v) is 12.7. The van der Waals surface area contributed by atoms with E-state index in [4.69, 9.17) is 14.5 Å². The van der Waals surface area contributed by atoms with Crippen molar-refractivity contribution in [2.75, 3.05) is 12.4 Å². The number of amides is 1. The summed E-state index contributed by atoms with van der Waals surface area (Å²) in [6.07, 6.45) is 1.50. The van der Waals surface area contributed by atoms with Crippen molar-refractivity contribution in [2.24, 2.45) is 4.99 Å². The Morgan fingerprint density at radius 1 is 1.03 bits per heavy atom. The zero-order valence-electron chi connectivity index (χ0n) is 22.6. The van der Waals surface area contributed by atoms with Crippen LogP contribution in [0.2, 0.25) is 0 Å². The van der Waals surface area contributed by atoms with Gasteiger partial charge in [0.25, 0.3) is 0 Å². The van der Waals surface area contributed by atoms with Crippen LogP contribution in [0.15, 0.2) is 53.5 Å². The van der Waals surface area contributed by atoms with Crippen LogP contribution >= 0.6 is 0 Å². The Bertz CT molecular complexity index is 1520. The molecule has 5 rings (SSSR count). The van der Waals surface area contributed by atoms with Gasteiger partial charge in [-0.05, 0) is 75.1 Å². The Labute approximate surface area is 222 Å². The number of carbonyl (C=O) groups excluding carboxylic acids is 1. The van der Waals surface area contributed by atoms with Gasteiger partial charge in [0, 0.05) is 35.7 Å². The van der Waals surface area contributed by atoms with E-state index in [2.05, 4.69) is 39.1 Å². The van der Waals surface area contributed by atoms with E-state index < -0.39 is 5.97 Å². The number of carboxylic acid groups (broad SMARTS) is 1. The molecule has 2 aliphatic heterocycles. The second kappa shape index (κ2) is 9.01. The molecular formula is C31H32N2O5. The van der Waals surface area contributed by atoms with E-state index in [1.807, 2.05) is 24.3 Å². The minimum absolute atomic E-state index is 0.112. The molecule has 2 heterocycles. The lowest BCUT2D eigenvalue weighted by atomic mass is 9.80. The van der Waals surface area contributed by atoms with Crippen molar-refractivity contribution in [3.63, 3.8) is 0 Å². The van der Waals surface area contributed by atoms with E-state index in [0.29, 0.717) is 11.3 Å². The maximum Gasteiger partial charge on any atom is 0.336 e. The zero-order chi connectivity index (χ0) is 27.4. The fourth-order valence-electron chi connectivity index (χ4n) is 5.52. The molecule has 0 aliphatic carbocycles. The number of nitrogens with one attached hydrogen (secondary N) is 1. The number of anilines is 1. The van der Waals surface area contributed by atoms with E-state index in [9.17, 15) is 14.7 Å². The molecule has 0 radical (unpaired) electrons. The summed E-state index contributed by atoms with van der Waals surface area (Å²) < 4.78 is 12.0. The quantitative estimate of drug-likeness (QED) is 0.443. The molecule has 0 unspecified atom stereocenters. The van der Waals surface area contributed by atoms with Gasteiger partial charge in [0.1, 0.15) is 5.60 Å². The molecule has 0 atom stereocenters. The van der Waals surface area contributed by atoms with Crippen molar-refractivity contribution >= 4 is 23.3 Å². The van der Waals surface area contributed by atoms with E-state index in [-0.39, 0.29) is 22.6 Å². The Kier molecular flexibility index (Phi) is 6.05. The molecule has 38 heavy (non-hydrogen) atoms. The predicted molar refractivity (Wildman–Crippen MR) is 148 cm³/mol. The van der Waals surface area contributed by atoms with Gasteiger partial charge in [0.15, 0.2) is 11.5 Å². The number of carbonyl (C=O) groups is 2. The largest absolute Gasteiger partial charge is 0.493 e. The number of hydrogen-bond acceptors (Lipinski definition) is 5. The maximum absolute atomic E-state index is 12.2. The SMILES string of the molecule is COc1cc2c(c3c1OC(C)(C)C3)C(c1cccc(-c3ccc(NC(C)=O)cc3C(=O)O)c1)=NC(C)(C)C2. The van der Waals surface area contributed by atoms with Crippen molar-refractivity contribution in [1.29, 1.82) is 0 Å². The molecule has 3 aromatic rings. The Morgan fingerprint density at radius 2 is 1.76 bits per heavy atom. The molecule has 0 saturated heterocycles. The van der Waals surface area contributed by atoms with Gasteiger partial charge in [-0.15, -0.1) is 0 Å². The number of methoxy groups -OCH3 is 1. The Balaban J connectivity index is 1.67. The lowest BCUT2D eigenvalue weighted by Gasteiger charge is -2.31. The first-order valence-electron chi connectivity index (χ1n) is 12.7. The van der Waals surface area contributed by atoms with Gasteiger partial charge < -0.3 is 19.9 Å². The van der Waals surface area contributed by atoms with Crippen LogP contribution in [-0.4, -0.2) is 40.9 Å². The standard InChI is InChI=1S/C31H32N2O5/c1-17(34)32-21-10-11-22(23(14-21)29(35)36)18-8-7-9-19(12-18)27-26-20(15-30(2,3)33-27)13-25(37-6)28-24(26)16-31(4,5)38-28/h7-14H,15-16H2,1-6H3,(H,32,34)(H,35,36). The van der Waals surface area contributed by atoms with Gasteiger partial charge in [-0.2, -0.15) is 0 Å². The number of benzene rings is 3. The third-order valence-electron chi connectivity index (χ3n) is 6.92. The smallest absolute Gasteiger partial charge is 0.336 e. The van der Waals surface area contributed by atoms with Crippen molar-refractivity contribution in [3.05, 3.63) is 76.3 Å². The van der Waals surface area contributed by atoms with E-state index in [1.54, 1.807) is 19.2 Å². The number of carboxylic acids is 1. The maximum atomic E-state index is 12.2. The average Bonchev–Trinajstić information content (AvgIpc) is 3.16. The summed E-state index contributed by atoms with van der Waals surface area (Å²) in [6.45, 7) is 9.76. The summed E-state index contributed by atoms with van der Waals surface area (Å²) in [5.74, 6) is 0.175. The number of rotatable bonds is 5. The van der Waals surface area contributed by atoms with Crippen molar-refractivity contribution in [1.82, 2.24) is 0 Å². The molecule has 7 nitrogen and oxygen atoms in total. The normalized spacial score (nSPS) is 16.5. The van der Waals surface area contributed by atoms with E-state index in [0.717, 1.165) is 57.9 Å². The molecule has 2 aliphatic rings. The van der Waals surface area contributed by atoms with Crippen LogP contribution < -0.4 is 14.8 Å². The number of aliphatic imine (C=N–C) groups is 1. The van der Waals surface area contributed by atoms with Crippen LogP contribution in [0.25, 0.3) is 11.1 Å². The fourth-order valence-corrected chi connectivity index (χ4v) is 5.52. The molecule has 0 bridgehead atoms. The van der Waals surface area contributed by atoms with Crippen LogP contribution in [-0.2, 0) is 17.6 Å². The van der Waals surface area contributed by atoms with E-state index >= 15 is 0 Å². The van der Waals surface area contributed by atoms with E-state index in [1.165, 1.54) is 13.0 Å². The van der Waals surface area contributed by atoms with Gasteiger partial charge in [-0.1, -0.05) is 24.3 Å². The summed E-state index contributed by atoms with van der Waals surface area (Å²) >= 11 is 0. The lowest BCUT2D eigenvalue weighted by Crippen LogP contribution is -2.30. The third kappa shape index (κ3) is 4.64. The molecule has 0 aromatic heterocycles. The van der Waals surface area contributed by atoms with Gasteiger partial charge in [0.05, 0.1) is 23.9 Å². The van der Waals surface area contributed by atoms with Gasteiger partial charge in [-0.3, -0.25) is 9.79 Å². The molecule has 0 fully saturated rings. The first-order chi connectivity index (χ1) is 17.9. The van der Waals surface area contributed by atoms with Gasteiger partial charge in [-0.25, -0.2) is 4.79 Å². The highest BCUT2D eigenvalue weighted by molar-refractivity contribution is 6.16. The topological polar surface area (TPSA) is 97.2 Å². The fraction of sp³-hybridized carbons (Fsp3) is 0.323. The highest BCUT2D eigenvalue weighted by Crippen LogP contribution is 2.48. The van der Waals surface area contributed by atoms with Crippen LogP contribution in [0, 0.1) is 0 Å². The Hall–Kier alpha value is -4.13. The zero-order valence-corrected chi connectivity index (χ0v) is 22.6. The minimum Gasteiger partial charge on any atom is -0.493 e. The highest BCUT2D eigenvalue weighted by atomic mass is 16.5. The molecule has 2 N–H and O–H groups in total. The number of ether oxygens (including phenoxy) is 2. The van der Waals surface area contributed by atoms with Crippen LogP contribution in [0.5, 0.6) is 11.5 Å². The van der Waals surface area contributed by atoms with Gasteiger partial charge in [0.2, 0.25) is 5.91 Å². The van der Waals surface area contributed by atoms with Gasteiger partial charge >= 0.3 is 5.97 Å². The summed E-state index contributed by atoms with van der Waals surface area (Å²) in [5.41, 5.74) is 6.26. The minimum atomic E-state index is -1.07. The molecule has 1 amide bonds. The summed E-state index contributed by atoms with van der Waals surface area (Å²) in [7, 11) is 1.67. The number of nitrogens with zero attached hydrogens (tertiary/aromatic N) is 1. The number of hydrogen-bond donors (Lipinski definition) is 2. The molecular weight excluding hydrogens is 480 g/mol. The monoisotopic (exact) mass is 512 g/mol. The second-order valence-corrected chi connectivity index (χ2v) is 11.2. The summed E-state index contributed by atoms with van der Waals surface area (Å²) in [6, 6.07) is 14.8. The second-order valence-electron chi connectivity index (χ2n) is 11.2. The Morgan fingerprint density at radius 3 is 2.45 bits per heavy atom. The molecule has 196 valence electrons. The van der Waals surface area contributed by atoms with Crippen molar-refractivity contribution < 1.29 is 24.2 Å². The summed E-state index contributed by atoms with van der Waals surface area (Å²) in [5, 5.41) is 12.6. The molecule has 0 spiro atoms. The molecule has 0 saturated carbocycles. The van der Waals surface area contributed by atoms with Crippen LogP contribution in [0.4, 0.5) is 5.69 Å². The lowest BCUT2D eigenvalue weighted by molar-refractivity contribution is -0.114. The number of fused-ring (bicyclic) bond motifs is 3. The van der Waals surface area contributed by atoms with Crippen LogP contribution in [0.1, 0.15) is 67.2 Å². The number of aromatic carboxylic acids is 1. The molecule has 3 aromatic carbocycles. The van der Waals surface area contributed by atoms with Crippen LogP contribution in [0.3, 0.4) is 0 Å². The van der Waals surface area contributed by atoms with Crippen molar-refractivity contribution in [2.45, 2.75) is 58.6 Å². The predicted octanol–water partition coefficient (Wildman–Crippen LogP) is 5.90. The third-order valence-corrected chi connectivity index (χ3v) is 6.92. The van der Waals surface area contributed by atoms with Crippen molar-refractivity contribution in [3.8, 4) is 22.6 Å². The summed E-state index contributed by atoms with van der Waals surface area (Å²) in [4.78, 5) is 28.9. The highest BCUT2D eigenvalue weighted by Gasteiger charge is 2.39. The first kappa shape index (κ1) is 25.5.